The summed E-state index contributed by atoms with van der Waals surface area (Å²) in [5.41, 5.74) is 6.42. The van der Waals surface area contributed by atoms with E-state index in [1.54, 1.807) is 17.9 Å². The van der Waals surface area contributed by atoms with Crippen LogP contribution in [-0.2, 0) is 9.59 Å². The molecule has 1 aliphatic rings. The number of nitrogens with one attached hydrogen (secondary N) is 1. The van der Waals surface area contributed by atoms with E-state index in [2.05, 4.69) is 5.32 Å². The van der Waals surface area contributed by atoms with E-state index in [0.29, 0.717) is 37.0 Å². The Bertz CT molecular complexity index is 628. The van der Waals surface area contributed by atoms with Gasteiger partial charge >= 0.3 is 0 Å². The first-order valence-electron chi connectivity index (χ1n) is 8.61. The van der Waals surface area contributed by atoms with Gasteiger partial charge in [-0.1, -0.05) is 17.7 Å². The molecule has 146 valence electrons. The van der Waals surface area contributed by atoms with Crippen molar-refractivity contribution in [3.8, 4) is 5.75 Å². The van der Waals surface area contributed by atoms with Crippen LogP contribution in [0.25, 0.3) is 0 Å². The van der Waals surface area contributed by atoms with Gasteiger partial charge < -0.3 is 20.7 Å². The molecular weight excluding hydrogens is 377 g/mol. The highest BCUT2D eigenvalue weighted by Crippen LogP contribution is 2.27. The number of likely N-dealkylation sites (tertiary alicyclic amines) is 1. The zero-order valence-corrected chi connectivity index (χ0v) is 16.7. The maximum Gasteiger partial charge on any atom is 0.263 e. The first-order chi connectivity index (χ1) is 11.9. The van der Waals surface area contributed by atoms with Gasteiger partial charge in [0.05, 0.1) is 10.9 Å². The van der Waals surface area contributed by atoms with Crippen molar-refractivity contribution in [3.63, 3.8) is 0 Å². The fourth-order valence-corrected chi connectivity index (χ4v) is 3.09. The van der Waals surface area contributed by atoms with Crippen molar-refractivity contribution in [3.05, 3.63) is 28.8 Å². The predicted octanol–water partition coefficient (Wildman–Crippen LogP) is 2.15. The van der Waals surface area contributed by atoms with Crippen molar-refractivity contribution in [1.82, 2.24) is 10.2 Å². The van der Waals surface area contributed by atoms with E-state index in [1.807, 2.05) is 19.1 Å². The monoisotopic (exact) mass is 403 g/mol. The van der Waals surface area contributed by atoms with Crippen LogP contribution >= 0.6 is 24.0 Å². The molecule has 2 atom stereocenters. The molecule has 0 aromatic heterocycles. The van der Waals surface area contributed by atoms with Gasteiger partial charge in [-0.2, -0.15) is 0 Å². The molecule has 0 saturated carbocycles. The van der Waals surface area contributed by atoms with Gasteiger partial charge in [-0.3, -0.25) is 9.59 Å². The molecule has 2 amide bonds. The van der Waals surface area contributed by atoms with E-state index in [1.165, 1.54) is 0 Å². The van der Waals surface area contributed by atoms with E-state index in [4.69, 9.17) is 22.1 Å². The molecule has 8 heteroatoms. The molecule has 26 heavy (non-hydrogen) atoms. The predicted molar refractivity (Wildman–Crippen MR) is 105 cm³/mol. The zero-order valence-electron chi connectivity index (χ0n) is 15.2. The molecule has 1 heterocycles. The lowest BCUT2D eigenvalue weighted by molar-refractivity contribution is -0.141. The van der Waals surface area contributed by atoms with Crippen molar-refractivity contribution in [2.45, 2.75) is 32.8 Å². The van der Waals surface area contributed by atoms with Crippen LogP contribution in [0.3, 0.4) is 0 Å². The lowest BCUT2D eigenvalue weighted by Gasteiger charge is -2.33. The van der Waals surface area contributed by atoms with E-state index < -0.39 is 6.10 Å². The van der Waals surface area contributed by atoms with Crippen LogP contribution in [0.2, 0.25) is 5.02 Å². The Hall–Kier alpha value is -1.50. The third-order valence-corrected chi connectivity index (χ3v) is 4.60. The molecule has 1 aromatic carbocycles. The Balaban J connectivity index is 0.00000338. The van der Waals surface area contributed by atoms with Crippen molar-refractivity contribution < 1.29 is 14.3 Å². The first kappa shape index (κ1) is 22.5. The van der Waals surface area contributed by atoms with Crippen LogP contribution in [0.1, 0.15) is 25.3 Å². The molecule has 1 saturated heterocycles. The maximum absolute atomic E-state index is 12.7. The molecule has 2 rings (SSSR count). The van der Waals surface area contributed by atoms with Gasteiger partial charge in [0.1, 0.15) is 5.75 Å². The first-order valence-corrected chi connectivity index (χ1v) is 8.99. The number of aryl methyl sites for hydroxylation is 1. The number of carbonyl (C=O) groups is 2. The summed E-state index contributed by atoms with van der Waals surface area (Å²) in [6.45, 7) is 5.54. The second-order valence-corrected chi connectivity index (χ2v) is 6.80. The number of amides is 2. The smallest absolute Gasteiger partial charge is 0.263 e. The van der Waals surface area contributed by atoms with Gasteiger partial charge in [0.15, 0.2) is 6.10 Å². The van der Waals surface area contributed by atoms with Gasteiger partial charge in [0, 0.05) is 26.2 Å². The second-order valence-electron chi connectivity index (χ2n) is 6.40. The fourth-order valence-electron chi connectivity index (χ4n) is 2.93. The summed E-state index contributed by atoms with van der Waals surface area (Å²) in [6, 6.07) is 5.45. The molecule has 6 nitrogen and oxygen atoms in total. The molecule has 0 bridgehead atoms. The number of hydrogen-bond donors (Lipinski definition) is 2. The number of nitrogens with zero attached hydrogens (tertiary/aromatic N) is 1. The highest BCUT2D eigenvalue weighted by Gasteiger charge is 2.31. The van der Waals surface area contributed by atoms with Gasteiger partial charge in [-0.05, 0) is 44.4 Å². The highest BCUT2D eigenvalue weighted by atomic mass is 35.5. The van der Waals surface area contributed by atoms with Crippen LogP contribution < -0.4 is 15.8 Å². The second kappa shape index (κ2) is 10.6. The number of nitrogens with two attached hydrogens (primary N) is 1. The average Bonchev–Trinajstić information content (AvgIpc) is 2.62. The maximum atomic E-state index is 12.7. The quantitative estimate of drug-likeness (QED) is 0.761. The minimum absolute atomic E-state index is 0. The molecule has 1 aromatic rings. The van der Waals surface area contributed by atoms with E-state index in [9.17, 15) is 9.59 Å². The van der Waals surface area contributed by atoms with Crippen LogP contribution in [-0.4, -0.2) is 49.0 Å². The highest BCUT2D eigenvalue weighted by molar-refractivity contribution is 6.32. The number of ether oxygens (including phenoxy) is 1. The number of benzene rings is 1. The van der Waals surface area contributed by atoms with Crippen molar-refractivity contribution in [1.29, 1.82) is 0 Å². The summed E-state index contributed by atoms with van der Waals surface area (Å²) in [7, 11) is 0. The number of halogens is 2. The summed E-state index contributed by atoms with van der Waals surface area (Å²) in [4.78, 5) is 26.5. The molecule has 2 unspecified atom stereocenters. The largest absolute Gasteiger partial charge is 0.479 e. The third kappa shape index (κ3) is 6.04. The summed E-state index contributed by atoms with van der Waals surface area (Å²) in [5, 5.41) is 3.27. The van der Waals surface area contributed by atoms with E-state index in [-0.39, 0.29) is 30.1 Å². The fraction of sp³-hybridized carbons (Fsp3) is 0.556. The Morgan fingerprint density at radius 2 is 2.19 bits per heavy atom. The zero-order chi connectivity index (χ0) is 18.4. The van der Waals surface area contributed by atoms with Crippen LogP contribution in [0.15, 0.2) is 18.2 Å². The van der Waals surface area contributed by atoms with Gasteiger partial charge in [-0.25, -0.2) is 0 Å². The molecular formula is C18H27Cl2N3O3. The Kier molecular flexibility index (Phi) is 9.19. The molecule has 0 radical (unpaired) electrons. The molecule has 1 fully saturated rings. The lowest BCUT2D eigenvalue weighted by Crippen LogP contribution is -2.49. The minimum atomic E-state index is -0.662. The molecule has 1 aliphatic heterocycles. The summed E-state index contributed by atoms with van der Waals surface area (Å²) in [6.07, 6.45) is 0.911. The summed E-state index contributed by atoms with van der Waals surface area (Å²) < 4.78 is 5.76. The average molecular weight is 404 g/mol. The van der Waals surface area contributed by atoms with Gasteiger partial charge in [0.2, 0.25) is 5.91 Å². The Morgan fingerprint density at radius 3 is 2.88 bits per heavy atom. The Labute approximate surface area is 165 Å². The topological polar surface area (TPSA) is 84.7 Å². The van der Waals surface area contributed by atoms with Crippen molar-refractivity contribution in [2.24, 2.45) is 11.7 Å². The van der Waals surface area contributed by atoms with Gasteiger partial charge in [-0.15, -0.1) is 12.4 Å². The molecule has 3 N–H and O–H groups in total. The number of piperidine rings is 1. The SMILES string of the molecule is Cc1ccc(Cl)c(OC(C)C(=O)N2CCCC(C(=O)NCCN)C2)c1.Cl. The number of carbonyl (C=O) groups excluding carboxylic acids is 2. The third-order valence-electron chi connectivity index (χ3n) is 4.29. The molecule has 0 spiro atoms. The number of rotatable bonds is 6. The van der Waals surface area contributed by atoms with Crippen LogP contribution in [0, 0.1) is 12.8 Å². The van der Waals surface area contributed by atoms with Crippen LogP contribution in [0.5, 0.6) is 5.75 Å². The standard InChI is InChI=1S/C18H26ClN3O3.ClH/c1-12-5-6-15(19)16(10-12)25-13(2)18(24)22-9-3-4-14(11-22)17(23)21-8-7-20;/h5-6,10,13-14H,3-4,7-9,11,20H2,1-2H3,(H,21,23);1H. The van der Waals surface area contributed by atoms with Crippen molar-refractivity contribution in [2.75, 3.05) is 26.2 Å². The lowest BCUT2D eigenvalue weighted by atomic mass is 9.96. The number of hydrogen-bond acceptors (Lipinski definition) is 4. The summed E-state index contributed by atoms with van der Waals surface area (Å²) in [5.74, 6) is 0.128. The van der Waals surface area contributed by atoms with E-state index >= 15 is 0 Å². The molecule has 0 aliphatic carbocycles. The summed E-state index contributed by atoms with van der Waals surface area (Å²) >= 11 is 6.13. The van der Waals surface area contributed by atoms with Gasteiger partial charge in [0.25, 0.3) is 5.91 Å². The van der Waals surface area contributed by atoms with Crippen LogP contribution in [0.4, 0.5) is 0 Å². The Morgan fingerprint density at radius 1 is 1.46 bits per heavy atom. The van der Waals surface area contributed by atoms with Crippen molar-refractivity contribution >= 4 is 35.8 Å². The van der Waals surface area contributed by atoms with E-state index in [0.717, 1.165) is 18.4 Å². The minimum Gasteiger partial charge on any atom is -0.479 e. The normalized spacial score (nSPS) is 17.8.